The number of piperidine rings is 1. The van der Waals surface area contributed by atoms with Crippen molar-refractivity contribution in [3.63, 3.8) is 0 Å². The Morgan fingerprint density at radius 2 is 2.41 bits per heavy atom. The Labute approximate surface area is 134 Å². The van der Waals surface area contributed by atoms with Crippen LogP contribution in [0.2, 0.25) is 0 Å². The molecule has 1 spiro atoms. The second kappa shape index (κ2) is 5.32. The highest BCUT2D eigenvalue weighted by molar-refractivity contribution is 7.17. The summed E-state index contributed by atoms with van der Waals surface area (Å²) in [6, 6.07) is 4.18. The van der Waals surface area contributed by atoms with Crippen LogP contribution < -0.4 is 10.6 Å². The molecule has 2 unspecified atom stereocenters. The van der Waals surface area contributed by atoms with Gasteiger partial charge < -0.3 is 10.6 Å². The number of nitrogens with zero attached hydrogens (tertiary/aromatic N) is 1. The third-order valence-corrected chi connectivity index (χ3v) is 6.10. The molecule has 2 N–H and O–H groups in total. The Balaban J connectivity index is 1.57. The molecule has 2 aliphatic rings. The summed E-state index contributed by atoms with van der Waals surface area (Å²) in [5.41, 5.74) is 0.684. The van der Waals surface area contributed by atoms with E-state index in [1.54, 1.807) is 17.5 Å². The Hall–Kier alpha value is -1.46. The number of nitrogens with one attached hydrogen (secondary N) is 2. The zero-order chi connectivity index (χ0) is 15.2. The van der Waals surface area contributed by atoms with Crippen molar-refractivity contribution in [3.05, 3.63) is 29.4 Å². The molecule has 0 radical (unpaired) electrons. The Kier molecular flexibility index (Phi) is 3.42. The molecule has 0 aromatic carbocycles. The van der Waals surface area contributed by atoms with E-state index in [0.717, 1.165) is 29.5 Å². The summed E-state index contributed by atoms with van der Waals surface area (Å²) in [4.78, 5) is 17.0. The van der Waals surface area contributed by atoms with Crippen LogP contribution in [0, 0.1) is 5.92 Å². The quantitative estimate of drug-likeness (QED) is 0.915. The van der Waals surface area contributed by atoms with Gasteiger partial charge in [0, 0.05) is 11.7 Å². The molecular weight excluding hydrogens is 294 g/mol. The monoisotopic (exact) mass is 315 g/mol. The molecule has 2 fully saturated rings. The maximum Gasteiger partial charge on any atom is 0.270 e. The first-order chi connectivity index (χ1) is 10.7. The summed E-state index contributed by atoms with van der Waals surface area (Å²) in [6.45, 7) is 3.30. The van der Waals surface area contributed by atoms with Gasteiger partial charge in [0.15, 0.2) is 0 Å². The van der Waals surface area contributed by atoms with Gasteiger partial charge in [0.2, 0.25) is 0 Å². The fraction of sp³-hybridized carbons (Fsp3) is 0.529. The van der Waals surface area contributed by atoms with Gasteiger partial charge in [-0.1, -0.05) is 13.3 Å². The van der Waals surface area contributed by atoms with Crippen molar-refractivity contribution in [2.75, 3.05) is 6.54 Å². The van der Waals surface area contributed by atoms with Crippen molar-refractivity contribution < 1.29 is 4.79 Å². The summed E-state index contributed by atoms with van der Waals surface area (Å²) in [7, 11) is 0. The molecule has 5 heteroatoms. The van der Waals surface area contributed by atoms with Gasteiger partial charge in [-0.05, 0) is 54.6 Å². The van der Waals surface area contributed by atoms with Gasteiger partial charge in [-0.2, -0.15) is 0 Å². The van der Waals surface area contributed by atoms with Crippen molar-refractivity contribution in [1.82, 2.24) is 15.6 Å². The normalized spacial score (nSPS) is 26.2. The van der Waals surface area contributed by atoms with E-state index in [1.807, 2.05) is 17.5 Å². The van der Waals surface area contributed by atoms with Crippen LogP contribution in [0.25, 0.3) is 10.1 Å². The molecule has 2 atom stereocenters. The van der Waals surface area contributed by atoms with Gasteiger partial charge in [0.05, 0.1) is 10.7 Å². The van der Waals surface area contributed by atoms with Crippen LogP contribution in [-0.4, -0.2) is 29.0 Å². The fourth-order valence-corrected chi connectivity index (χ4v) is 4.50. The van der Waals surface area contributed by atoms with Crippen molar-refractivity contribution in [2.45, 2.75) is 44.2 Å². The van der Waals surface area contributed by atoms with E-state index in [1.165, 1.54) is 12.8 Å². The van der Waals surface area contributed by atoms with Crippen molar-refractivity contribution >= 4 is 27.3 Å². The number of hydrogen-bond donors (Lipinski definition) is 2. The summed E-state index contributed by atoms with van der Waals surface area (Å²) >= 11 is 1.65. The van der Waals surface area contributed by atoms with Crippen LogP contribution in [-0.2, 0) is 0 Å². The average Bonchev–Trinajstić information content (AvgIpc) is 3.14. The zero-order valence-corrected chi connectivity index (χ0v) is 13.6. The number of fused-ring (bicyclic) bond motifs is 1. The predicted octanol–water partition coefficient (Wildman–Crippen LogP) is 2.95. The lowest BCUT2D eigenvalue weighted by atomic mass is 9.83. The molecule has 0 bridgehead atoms. The van der Waals surface area contributed by atoms with E-state index < -0.39 is 0 Å². The highest BCUT2D eigenvalue weighted by Gasteiger charge is 2.53. The van der Waals surface area contributed by atoms with Crippen molar-refractivity contribution in [1.29, 1.82) is 0 Å². The lowest BCUT2D eigenvalue weighted by molar-refractivity contribution is 0.0870. The van der Waals surface area contributed by atoms with E-state index in [9.17, 15) is 4.79 Å². The minimum atomic E-state index is -0.0356. The van der Waals surface area contributed by atoms with Gasteiger partial charge in [0.25, 0.3) is 5.91 Å². The number of carbonyl (C=O) groups is 1. The maximum atomic E-state index is 12.7. The molecule has 22 heavy (non-hydrogen) atoms. The summed E-state index contributed by atoms with van der Waals surface area (Å²) in [5, 5.41) is 10.0. The lowest BCUT2D eigenvalue weighted by Gasteiger charge is -2.39. The van der Waals surface area contributed by atoms with Gasteiger partial charge in [-0.3, -0.25) is 4.79 Å². The molecule has 4 rings (SSSR count). The SMILES string of the molecule is CCC1CCNC2(CC2)C1NC(=O)c1cc2ccsc2cn1. The number of aromatic nitrogens is 1. The molecule has 116 valence electrons. The number of rotatable bonds is 3. The number of pyridine rings is 1. The van der Waals surface area contributed by atoms with Gasteiger partial charge in [0.1, 0.15) is 5.69 Å². The minimum absolute atomic E-state index is 0.0356. The topological polar surface area (TPSA) is 54.0 Å². The fourth-order valence-electron chi connectivity index (χ4n) is 3.76. The molecular formula is C17H21N3OS. The second-order valence-corrected chi connectivity index (χ2v) is 7.47. The van der Waals surface area contributed by atoms with Crippen molar-refractivity contribution in [3.8, 4) is 0 Å². The smallest absolute Gasteiger partial charge is 0.270 e. The van der Waals surface area contributed by atoms with E-state index in [4.69, 9.17) is 0 Å². The van der Waals surface area contributed by atoms with E-state index in [-0.39, 0.29) is 17.5 Å². The summed E-state index contributed by atoms with van der Waals surface area (Å²) in [6.07, 6.45) is 6.40. The van der Waals surface area contributed by atoms with E-state index >= 15 is 0 Å². The minimum Gasteiger partial charge on any atom is -0.346 e. The first kappa shape index (κ1) is 14.2. The zero-order valence-electron chi connectivity index (χ0n) is 12.8. The van der Waals surface area contributed by atoms with Crippen LogP contribution >= 0.6 is 11.3 Å². The molecule has 1 saturated heterocycles. The highest BCUT2D eigenvalue weighted by Crippen LogP contribution is 2.45. The molecule has 2 aromatic rings. The Morgan fingerprint density at radius 1 is 1.55 bits per heavy atom. The van der Waals surface area contributed by atoms with Crippen LogP contribution in [0.15, 0.2) is 23.7 Å². The van der Waals surface area contributed by atoms with E-state index in [0.29, 0.717) is 11.6 Å². The number of hydrogen-bond acceptors (Lipinski definition) is 4. The van der Waals surface area contributed by atoms with E-state index in [2.05, 4.69) is 22.5 Å². The number of amides is 1. The van der Waals surface area contributed by atoms with Gasteiger partial charge >= 0.3 is 0 Å². The molecule has 1 saturated carbocycles. The lowest BCUT2D eigenvalue weighted by Crippen LogP contribution is -2.59. The average molecular weight is 315 g/mol. The first-order valence-corrected chi connectivity index (χ1v) is 8.99. The molecule has 1 aliphatic carbocycles. The summed E-state index contributed by atoms with van der Waals surface area (Å²) < 4.78 is 1.13. The molecule has 3 heterocycles. The maximum absolute atomic E-state index is 12.7. The standard InChI is InChI=1S/C17H21N3OS/c1-2-11-3-7-19-17(5-6-17)15(11)20-16(21)13-9-12-4-8-22-14(12)10-18-13/h4,8-11,15,19H,2-3,5-7H2,1H3,(H,20,21). The summed E-state index contributed by atoms with van der Waals surface area (Å²) in [5.74, 6) is 0.532. The third kappa shape index (κ3) is 2.32. The second-order valence-electron chi connectivity index (χ2n) is 6.52. The number of thiophene rings is 1. The third-order valence-electron chi connectivity index (χ3n) is 5.23. The highest BCUT2D eigenvalue weighted by atomic mass is 32.1. The Morgan fingerprint density at radius 3 is 3.18 bits per heavy atom. The van der Waals surface area contributed by atoms with Crippen LogP contribution in [0.4, 0.5) is 0 Å². The van der Waals surface area contributed by atoms with Gasteiger partial charge in [-0.25, -0.2) is 4.98 Å². The molecule has 2 aromatic heterocycles. The van der Waals surface area contributed by atoms with Crippen molar-refractivity contribution in [2.24, 2.45) is 5.92 Å². The van der Waals surface area contributed by atoms with Gasteiger partial charge in [-0.15, -0.1) is 11.3 Å². The molecule has 4 nitrogen and oxygen atoms in total. The first-order valence-electron chi connectivity index (χ1n) is 8.11. The molecule has 1 aliphatic heterocycles. The van der Waals surface area contributed by atoms with Crippen LogP contribution in [0.5, 0.6) is 0 Å². The Bertz CT molecular complexity index is 707. The molecule has 1 amide bonds. The van der Waals surface area contributed by atoms with Crippen LogP contribution in [0.3, 0.4) is 0 Å². The predicted molar refractivity (Wildman–Crippen MR) is 89.2 cm³/mol. The number of carbonyl (C=O) groups excluding carboxylic acids is 1. The largest absolute Gasteiger partial charge is 0.346 e. The van der Waals surface area contributed by atoms with Crippen LogP contribution in [0.1, 0.15) is 43.1 Å².